The van der Waals surface area contributed by atoms with Crippen LogP contribution in [-0.4, -0.2) is 66.1 Å². The number of aliphatic hydroxyl groups is 4. The first-order chi connectivity index (χ1) is 8.51. The summed E-state index contributed by atoms with van der Waals surface area (Å²) in [7, 11) is -2.19. The van der Waals surface area contributed by atoms with Crippen molar-refractivity contribution in [3.05, 3.63) is 0 Å². The van der Waals surface area contributed by atoms with Crippen molar-refractivity contribution in [2.75, 3.05) is 6.61 Å². The molecule has 0 aromatic carbocycles. The molecule has 0 bridgehead atoms. The lowest BCUT2D eigenvalue weighted by molar-refractivity contribution is -0.280. The topological polar surface area (TPSA) is 99.4 Å². The summed E-state index contributed by atoms with van der Waals surface area (Å²) in [6.45, 7) is 9.68. The van der Waals surface area contributed by atoms with Crippen molar-refractivity contribution >= 4 is 8.32 Å². The first kappa shape index (κ1) is 17.0. The molecule has 4 N–H and O–H groups in total. The van der Waals surface area contributed by atoms with E-state index in [-0.39, 0.29) is 5.04 Å². The van der Waals surface area contributed by atoms with E-state index in [9.17, 15) is 15.3 Å². The number of rotatable bonds is 3. The van der Waals surface area contributed by atoms with Crippen LogP contribution in [0.3, 0.4) is 0 Å². The first-order valence-electron chi connectivity index (χ1n) is 6.49. The molecular formula is C12H26O6Si. The minimum atomic E-state index is -2.19. The van der Waals surface area contributed by atoms with Crippen molar-refractivity contribution in [3.8, 4) is 0 Å². The molecule has 0 spiro atoms. The van der Waals surface area contributed by atoms with Crippen molar-refractivity contribution in [2.24, 2.45) is 0 Å². The van der Waals surface area contributed by atoms with Crippen LogP contribution >= 0.6 is 0 Å². The summed E-state index contributed by atoms with van der Waals surface area (Å²) < 4.78 is 11.3. The first-order valence-corrected chi connectivity index (χ1v) is 9.40. The number of hydrogen-bond acceptors (Lipinski definition) is 6. The zero-order chi connectivity index (χ0) is 15.0. The van der Waals surface area contributed by atoms with Gasteiger partial charge >= 0.3 is 0 Å². The Morgan fingerprint density at radius 2 is 1.58 bits per heavy atom. The van der Waals surface area contributed by atoms with Crippen LogP contribution in [0.1, 0.15) is 20.8 Å². The van der Waals surface area contributed by atoms with Crippen LogP contribution in [-0.2, 0) is 9.16 Å². The summed E-state index contributed by atoms with van der Waals surface area (Å²) in [6, 6.07) is 0. The van der Waals surface area contributed by atoms with Gasteiger partial charge in [-0.2, -0.15) is 0 Å². The SMILES string of the molecule is CC(C)(C)[Si](C)(C)O[C@H]1O[C@H](CO)[C@@H](O)[C@H](O)[C@H]1O. The Labute approximate surface area is 115 Å². The molecule has 1 rings (SSSR count). The van der Waals surface area contributed by atoms with Crippen LogP contribution in [0.2, 0.25) is 18.1 Å². The van der Waals surface area contributed by atoms with Gasteiger partial charge in [0.25, 0.3) is 0 Å². The third-order valence-electron chi connectivity index (χ3n) is 4.07. The molecule has 5 atom stereocenters. The standard InChI is InChI=1S/C12H26O6Si/c1-12(2,3)19(4,5)18-11-10(16)9(15)8(14)7(6-13)17-11/h7-11,13-16H,6H2,1-5H3/t7-,8-,9+,10-,11-/m1/s1. The smallest absolute Gasteiger partial charge is 0.195 e. The summed E-state index contributed by atoms with van der Waals surface area (Å²) in [5, 5.41) is 38.4. The highest BCUT2D eigenvalue weighted by Crippen LogP contribution is 2.38. The fourth-order valence-corrected chi connectivity index (χ4v) is 2.76. The second-order valence-electron chi connectivity index (χ2n) is 6.58. The van der Waals surface area contributed by atoms with Gasteiger partial charge in [0.2, 0.25) is 0 Å². The lowest BCUT2D eigenvalue weighted by Gasteiger charge is -2.45. The molecule has 1 fully saturated rings. The molecule has 0 unspecified atom stereocenters. The molecule has 1 saturated heterocycles. The maximum atomic E-state index is 9.93. The van der Waals surface area contributed by atoms with Crippen molar-refractivity contribution in [3.63, 3.8) is 0 Å². The van der Waals surface area contributed by atoms with Crippen molar-refractivity contribution in [1.82, 2.24) is 0 Å². The molecule has 0 radical (unpaired) electrons. The summed E-state index contributed by atoms with van der Waals surface area (Å²) in [5.41, 5.74) is 0. The van der Waals surface area contributed by atoms with Gasteiger partial charge in [-0.15, -0.1) is 0 Å². The quantitative estimate of drug-likeness (QED) is 0.538. The average molecular weight is 294 g/mol. The summed E-state index contributed by atoms with van der Waals surface area (Å²) in [4.78, 5) is 0. The molecule has 19 heavy (non-hydrogen) atoms. The molecule has 1 heterocycles. The molecule has 0 aliphatic carbocycles. The maximum Gasteiger partial charge on any atom is 0.195 e. The van der Waals surface area contributed by atoms with Gasteiger partial charge in [0.15, 0.2) is 14.6 Å². The van der Waals surface area contributed by atoms with E-state index in [1.807, 2.05) is 33.9 Å². The Balaban J connectivity index is 2.83. The van der Waals surface area contributed by atoms with Crippen molar-refractivity contribution < 1.29 is 29.6 Å². The second-order valence-corrected chi connectivity index (χ2v) is 11.3. The molecular weight excluding hydrogens is 268 g/mol. The molecule has 0 aromatic heterocycles. The number of ether oxygens (including phenoxy) is 1. The van der Waals surface area contributed by atoms with Crippen LogP contribution in [0, 0.1) is 0 Å². The van der Waals surface area contributed by atoms with Gasteiger partial charge in [-0.1, -0.05) is 20.8 Å². The molecule has 0 amide bonds. The third kappa shape index (κ3) is 3.55. The van der Waals surface area contributed by atoms with E-state index in [1.165, 1.54) is 0 Å². The molecule has 7 heteroatoms. The fraction of sp³-hybridized carbons (Fsp3) is 1.00. The van der Waals surface area contributed by atoms with E-state index in [0.29, 0.717) is 0 Å². The van der Waals surface area contributed by atoms with Gasteiger partial charge in [-0.3, -0.25) is 0 Å². The van der Waals surface area contributed by atoms with Crippen LogP contribution in [0.5, 0.6) is 0 Å². The molecule has 1 aliphatic heterocycles. The van der Waals surface area contributed by atoms with Gasteiger partial charge in [0.05, 0.1) is 6.61 Å². The van der Waals surface area contributed by atoms with Crippen LogP contribution < -0.4 is 0 Å². The van der Waals surface area contributed by atoms with Crippen molar-refractivity contribution in [2.45, 2.75) is 69.6 Å². The van der Waals surface area contributed by atoms with E-state index in [0.717, 1.165) is 0 Å². The highest BCUT2D eigenvalue weighted by atomic mass is 28.4. The Morgan fingerprint density at radius 3 is 2.00 bits per heavy atom. The lowest BCUT2D eigenvalue weighted by Crippen LogP contribution is -2.61. The van der Waals surface area contributed by atoms with E-state index < -0.39 is 45.6 Å². The Morgan fingerprint density at radius 1 is 1.05 bits per heavy atom. The monoisotopic (exact) mass is 294 g/mol. The van der Waals surface area contributed by atoms with Crippen LogP contribution in [0.15, 0.2) is 0 Å². The number of aliphatic hydroxyl groups excluding tert-OH is 4. The third-order valence-corrected chi connectivity index (χ3v) is 8.50. The van der Waals surface area contributed by atoms with Gasteiger partial charge in [-0.05, 0) is 18.1 Å². The number of hydrogen-bond donors (Lipinski definition) is 4. The molecule has 1 aliphatic rings. The highest BCUT2D eigenvalue weighted by molar-refractivity contribution is 6.74. The van der Waals surface area contributed by atoms with Gasteiger partial charge in [-0.25, -0.2) is 0 Å². The largest absolute Gasteiger partial charge is 0.394 e. The minimum absolute atomic E-state index is 0.0776. The molecule has 0 aromatic rings. The zero-order valence-corrected chi connectivity index (χ0v) is 13.2. The van der Waals surface area contributed by atoms with E-state index >= 15 is 0 Å². The van der Waals surface area contributed by atoms with Crippen molar-refractivity contribution in [1.29, 1.82) is 0 Å². The highest BCUT2D eigenvalue weighted by Gasteiger charge is 2.48. The predicted octanol–water partition coefficient (Wildman–Crippen LogP) is -0.192. The molecule has 6 nitrogen and oxygen atoms in total. The lowest BCUT2D eigenvalue weighted by atomic mass is 10.00. The van der Waals surface area contributed by atoms with E-state index in [1.54, 1.807) is 0 Å². The van der Waals surface area contributed by atoms with Gasteiger partial charge in [0.1, 0.15) is 24.4 Å². The Hall–Kier alpha value is -0.0231. The molecule has 0 saturated carbocycles. The predicted molar refractivity (Wildman–Crippen MR) is 72.0 cm³/mol. The minimum Gasteiger partial charge on any atom is -0.394 e. The molecule has 114 valence electrons. The van der Waals surface area contributed by atoms with Crippen LogP contribution in [0.4, 0.5) is 0 Å². The average Bonchev–Trinajstić information content (AvgIpc) is 2.28. The van der Waals surface area contributed by atoms with Gasteiger partial charge in [0, 0.05) is 0 Å². The zero-order valence-electron chi connectivity index (χ0n) is 12.2. The Bertz CT molecular complexity index is 301. The Kier molecular flexibility index (Phi) is 5.17. The van der Waals surface area contributed by atoms with E-state index in [4.69, 9.17) is 14.3 Å². The van der Waals surface area contributed by atoms with Gasteiger partial charge < -0.3 is 29.6 Å². The second kappa shape index (κ2) is 5.77. The normalized spacial score (nSPS) is 37.4. The maximum absolute atomic E-state index is 9.93. The fourth-order valence-electron chi connectivity index (χ4n) is 1.63. The summed E-state index contributed by atoms with van der Waals surface area (Å²) in [6.07, 6.45) is -6.02. The summed E-state index contributed by atoms with van der Waals surface area (Å²) in [5.74, 6) is 0. The summed E-state index contributed by atoms with van der Waals surface area (Å²) >= 11 is 0. The van der Waals surface area contributed by atoms with E-state index in [2.05, 4.69) is 0 Å². The van der Waals surface area contributed by atoms with Crippen LogP contribution in [0.25, 0.3) is 0 Å².